The SMILES string of the molecule is CCCn1c(=O)[nH]c(=O)c2c(C(=O)N3CCNC[C@H]3C)cc(C(C)C)nc21.Cl.Cl. The van der Waals surface area contributed by atoms with Crippen LogP contribution < -0.4 is 16.6 Å². The number of nitrogens with zero attached hydrogens (tertiary/aromatic N) is 3. The zero-order chi connectivity index (χ0) is 19.7. The van der Waals surface area contributed by atoms with E-state index in [-0.39, 0.29) is 48.1 Å². The third kappa shape index (κ3) is 4.82. The van der Waals surface area contributed by atoms with Gasteiger partial charge in [-0.25, -0.2) is 9.78 Å². The minimum Gasteiger partial charge on any atom is -0.333 e. The van der Waals surface area contributed by atoms with Crippen molar-refractivity contribution in [1.82, 2.24) is 24.8 Å². The fraction of sp³-hybridized carbons (Fsp3) is 0.579. The van der Waals surface area contributed by atoms with Crippen molar-refractivity contribution in [2.45, 2.75) is 52.6 Å². The number of nitrogens with one attached hydrogen (secondary N) is 2. The van der Waals surface area contributed by atoms with E-state index >= 15 is 0 Å². The summed E-state index contributed by atoms with van der Waals surface area (Å²) >= 11 is 0. The molecule has 2 N–H and O–H groups in total. The summed E-state index contributed by atoms with van der Waals surface area (Å²) in [5, 5.41) is 3.46. The van der Waals surface area contributed by atoms with Crippen LogP contribution in [0.4, 0.5) is 0 Å². The molecule has 2 aromatic heterocycles. The van der Waals surface area contributed by atoms with Gasteiger partial charge in [-0.05, 0) is 25.3 Å². The highest BCUT2D eigenvalue weighted by Crippen LogP contribution is 2.22. The minimum absolute atomic E-state index is 0. The largest absolute Gasteiger partial charge is 0.333 e. The molecular formula is C19H29Cl2N5O3. The summed E-state index contributed by atoms with van der Waals surface area (Å²) < 4.78 is 1.46. The Kier molecular flexibility index (Phi) is 8.86. The summed E-state index contributed by atoms with van der Waals surface area (Å²) in [6.45, 7) is 10.3. The molecule has 10 heteroatoms. The van der Waals surface area contributed by atoms with Crippen molar-refractivity contribution in [3.8, 4) is 0 Å². The molecule has 8 nitrogen and oxygen atoms in total. The molecule has 0 aliphatic carbocycles. The van der Waals surface area contributed by atoms with Crippen LogP contribution in [0.3, 0.4) is 0 Å². The third-order valence-electron chi connectivity index (χ3n) is 5.00. The first-order chi connectivity index (χ1) is 12.8. The number of H-pyrrole nitrogens is 1. The first-order valence-electron chi connectivity index (χ1n) is 9.54. The van der Waals surface area contributed by atoms with E-state index in [0.717, 1.165) is 0 Å². The Bertz CT molecular complexity index is 986. The number of halogens is 2. The summed E-state index contributed by atoms with van der Waals surface area (Å²) in [6.07, 6.45) is 0.715. The molecule has 0 unspecified atom stereocenters. The Morgan fingerprint density at radius 3 is 2.59 bits per heavy atom. The molecule has 0 radical (unpaired) electrons. The Morgan fingerprint density at radius 2 is 2.00 bits per heavy atom. The molecule has 0 spiro atoms. The number of hydrogen-bond donors (Lipinski definition) is 2. The van der Waals surface area contributed by atoms with E-state index in [1.54, 1.807) is 11.0 Å². The molecule has 1 fully saturated rings. The van der Waals surface area contributed by atoms with Gasteiger partial charge >= 0.3 is 5.69 Å². The minimum atomic E-state index is -0.559. The van der Waals surface area contributed by atoms with E-state index in [4.69, 9.17) is 0 Å². The molecule has 3 rings (SSSR count). The number of piperazine rings is 1. The maximum Gasteiger partial charge on any atom is 0.329 e. The van der Waals surface area contributed by atoms with E-state index in [2.05, 4.69) is 15.3 Å². The summed E-state index contributed by atoms with van der Waals surface area (Å²) in [5.74, 6) is -0.128. The predicted octanol–water partition coefficient (Wildman–Crippen LogP) is 1.90. The van der Waals surface area contributed by atoms with Crippen LogP contribution in [0.15, 0.2) is 15.7 Å². The van der Waals surface area contributed by atoms with Gasteiger partial charge < -0.3 is 10.2 Å². The van der Waals surface area contributed by atoms with Crippen molar-refractivity contribution in [3.63, 3.8) is 0 Å². The average molecular weight is 446 g/mol. The number of amides is 1. The molecule has 162 valence electrons. The zero-order valence-corrected chi connectivity index (χ0v) is 18.8. The fourth-order valence-electron chi connectivity index (χ4n) is 3.49. The van der Waals surface area contributed by atoms with E-state index in [0.29, 0.717) is 49.5 Å². The van der Waals surface area contributed by atoms with Gasteiger partial charge in [0.05, 0.1) is 10.9 Å². The summed E-state index contributed by atoms with van der Waals surface area (Å²) in [7, 11) is 0. The lowest BCUT2D eigenvalue weighted by molar-refractivity contribution is 0.0657. The van der Waals surface area contributed by atoms with Gasteiger partial charge in [0.25, 0.3) is 11.5 Å². The molecule has 3 heterocycles. The number of rotatable bonds is 4. The number of hydrogen-bond acceptors (Lipinski definition) is 5. The fourth-order valence-corrected chi connectivity index (χ4v) is 3.49. The Hall–Kier alpha value is -1.90. The number of fused-ring (bicyclic) bond motifs is 1. The van der Waals surface area contributed by atoms with Crippen LogP contribution in [0.1, 0.15) is 56.1 Å². The van der Waals surface area contributed by atoms with Gasteiger partial charge in [0, 0.05) is 37.9 Å². The van der Waals surface area contributed by atoms with Crippen molar-refractivity contribution in [2.75, 3.05) is 19.6 Å². The van der Waals surface area contributed by atoms with Crippen LogP contribution in [0, 0.1) is 0 Å². The molecule has 2 aromatic rings. The maximum atomic E-state index is 13.3. The average Bonchev–Trinajstić information content (AvgIpc) is 2.63. The quantitative estimate of drug-likeness (QED) is 0.748. The molecule has 0 aromatic carbocycles. The predicted molar refractivity (Wildman–Crippen MR) is 119 cm³/mol. The second-order valence-corrected chi connectivity index (χ2v) is 7.41. The van der Waals surface area contributed by atoms with Crippen LogP contribution >= 0.6 is 24.8 Å². The second-order valence-electron chi connectivity index (χ2n) is 7.41. The smallest absolute Gasteiger partial charge is 0.329 e. The standard InChI is InChI=1S/C19H27N5O3.2ClH/c1-5-7-24-16-15(17(25)22-19(24)27)13(9-14(21-16)11(2)3)18(26)23-8-6-20-10-12(23)4;;/h9,11-12,20H,5-8,10H2,1-4H3,(H,22,25,27);2*1H/t12-;;/m1../s1. The molecule has 1 aliphatic rings. The summed E-state index contributed by atoms with van der Waals surface area (Å²) in [5.41, 5.74) is 0.267. The molecule has 1 amide bonds. The van der Waals surface area contributed by atoms with Gasteiger partial charge in [-0.15, -0.1) is 24.8 Å². The molecule has 1 aliphatic heterocycles. The number of aromatic nitrogens is 3. The molecule has 0 saturated carbocycles. The van der Waals surface area contributed by atoms with Gasteiger partial charge in [-0.3, -0.25) is 19.1 Å². The number of aromatic amines is 1. The maximum absolute atomic E-state index is 13.3. The number of carbonyl (C=O) groups is 1. The molecule has 1 saturated heterocycles. The highest BCUT2D eigenvalue weighted by atomic mass is 35.5. The zero-order valence-electron chi connectivity index (χ0n) is 17.2. The lowest BCUT2D eigenvalue weighted by Gasteiger charge is -2.34. The van der Waals surface area contributed by atoms with Crippen LogP contribution in [0.25, 0.3) is 11.0 Å². The normalized spacial score (nSPS) is 16.4. The van der Waals surface area contributed by atoms with Crippen LogP contribution in [-0.2, 0) is 6.54 Å². The van der Waals surface area contributed by atoms with E-state index < -0.39 is 11.2 Å². The van der Waals surface area contributed by atoms with E-state index in [1.165, 1.54) is 4.57 Å². The summed E-state index contributed by atoms with van der Waals surface area (Å²) in [4.78, 5) is 47.0. The lowest BCUT2D eigenvalue weighted by Crippen LogP contribution is -2.52. The Balaban J connectivity index is 0.00000210. The first kappa shape index (κ1) is 25.1. The number of carbonyl (C=O) groups excluding carboxylic acids is 1. The Labute approximate surface area is 181 Å². The monoisotopic (exact) mass is 445 g/mol. The van der Waals surface area contributed by atoms with Crippen molar-refractivity contribution in [3.05, 3.63) is 38.2 Å². The van der Waals surface area contributed by atoms with Crippen LogP contribution in [-0.4, -0.2) is 51.0 Å². The van der Waals surface area contributed by atoms with E-state index in [9.17, 15) is 14.4 Å². The first-order valence-corrected chi connectivity index (χ1v) is 9.54. The van der Waals surface area contributed by atoms with Crippen molar-refractivity contribution >= 4 is 41.8 Å². The van der Waals surface area contributed by atoms with Crippen LogP contribution in [0.5, 0.6) is 0 Å². The van der Waals surface area contributed by atoms with Crippen molar-refractivity contribution < 1.29 is 4.79 Å². The van der Waals surface area contributed by atoms with E-state index in [1.807, 2.05) is 27.7 Å². The molecule has 0 bridgehead atoms. The van der Waals surface area contributed by atoms with Gasteiger partial charge in [0.1, 0.15) is 0 Å². The van der Waals surface area contributed by atoms with Crippen molar-refractivity contribution in [2.24, 2.45) is 0 Å². The highest BCUT2D eigenvalue weighted by Gasteiger charge is 2.28. The summed E-state index contributed by atoms with van der Waals surface area (Å²) in [6, 6.07) is 1.73. The molecule has 29 heavy (non-hydrogen) atoms. The third-order valence-corrected chi connectivity index (χ3v) is 5.00. The van der Waals surface area contributed by atoms with Gasteiger partial charge in [0.15, 0.2) is 5.65 Å². The van der Waals surface area contributed by atoms with Gasteiger partial charge in [-0.2, -0.15) is 0 Å². The number of pyridine rings is 1. The van der Waals surface area contributed by atoms with Crippen molar-refractivity contribution in [1.29, 1.82) is 0 Å². The second kappa shape index (κ2) is 10.2. The van der Waals surface area contributed by atoms with Crippen LogP contribution in [0.2, 0.25) is 0 Å². The topological polar surface area (TPSA) is 100 Å². The highest BCUT2D eigenvalue weighted by molar-refractivity contribution is 6.05. The Morgan fingerprint density at radius 1 is 1.31 bits per heavy atom. The van der Waals surface area contributed by atoms with Gasteiger partial charge in [0.2, 0.25) is 0 Å². The number of aryl methyl sites for hydroxylation is 1. The molecular weight excluding hydrogens is 417 g/mol. The van der Waals surface area contributed by atoms with Gasteiger partial charge in [-0.1, -0.05) is 20.8 Å². The molecule has 1 atom stereocenters. The lowest BCUT2D eigenvalue weighted by atomic mass is 10.0.